The molecule has 1 heterocycles. The van der Waals surface area contributed by atoms with Gasteiger partial charge in [0.2, 0.25) is 5.91 Å². The van der Waals surface area contributed by atoms with Gasteiger partial charge < -0.3 is 14.7 Å². The first kappa shape index (κ1) is 17.3. The lowest BCUT2D eigenvalue weighted by Crippen LogP contribution is -2.48. The van der Waals surface area contributed by atoms with E-state index in [0.717, 1.165) is 30.6 Å². The molecule has 1 unspecified atom stereocenters. The number of carboxylic acids is 1. The molecule has 1 N–H and O–H groups in total. The Labute approximate surface area is 137 Å². The Hall–Kier alpha value is -2.04. The summed E-state index contributed by atoms with van der Waals surface area (Å²) >= 11 is 0. The maximum absolute atomic E-state index is 12.6. The quantitative estimate of drug-likeness (QED) is 0.875. The van der Waals surface area contributed by atoms with E-state index in [1.807, 2.05) is 31.2 Å². The normalized spacial score (nSPS) is 19.2. The van der Waals surface area contributed by atoms with Gasteiger partial charge in [-0.1, -0.05) is 19.1 Å². The number of hydrogen-bond donors (Lipinski definition) is 1. The van der Waals surface area contributed by atoms with Gasteiger partial charge in [0.1, 0.15) is 11.8 Å². The molecule has 2 atom stereocenters. The molecule has 23 heavy (non-hydrogen) atoms. The predicted octanol–water partition coefficient (Wildman–Crippen LogP) is 3.04. The van der Waals surface area contributed by atoms with Crippen molar-refractivity contribution in [1.82, 2.24) is 4.90 Å². The Bertz CT molecular complexity index is 540. The highest BCUT2D eigenvalue weighted by molar-refractivity contribution is 5.84. The standard InChI is InChI=1S/C18H25NO4/c1-3-13(14-7-9-15(23-2)10-8-14)12-17(20)19-11-5-4-6-16(19)18(21)22/h7-10,13,16H,3-6,11-12H2,1-2H3,(H,21,22)/t13?,16-/m1/s1. The van der Waals surface area contributed by atoms with Crippen molar-refractivity contribution in [3.63, 3.8) is 0 Å². The van der Waals surface area contributed by atoms with E-state index in [4.69, 9.17) is 4.74 Å². The van der Waals surface area contributed by atoms with Crippen LogP contribution in [0.4, 0.5) is 0 Å². The highest BCUT2D eigenvalue weighted by Crippen LogP contribution is 2.28. The van der Waals surface area contributed by atoms with Crippen LogP contribution in [0.2, 0.25) is 0 Å². The molecule has 0 aromatic heterocycles. The van der Waals surface area contributed by atoms with Gasteiger partial charge in [-0.05, 0) is 49.3 Å². The van der Waals surface area contributed by atoms with Gasteiger partial charge in [-0.3, -0.25) is 4.79 Å². The molecule has 1 fully saturated rings. The van der Waals surface area contributed by atoms with Crippen LogP contribution >= 0.6 is 0 Å². The third-order valence-corrected chi connectivity index (χ3v) is 4.61. The third kappa shape index (κ3) is 4.24. The van der Waals surface area contributed by atoms with Crippen LogP contribution in [0.1, 0.15) is 50.5 Å². The fourth-order valence-corrected chi connectivity index (χ4v) is 3.19. The van der Waals surface area contributed by atoms with Crippen molar-refractivity contribution in [3.8, 4) is 5.75 Å². The van der Waals surface area contributed by atoms with Gasteiger partial charge in [0.25, 0.3) is 0 Å². The van der Waals surface area contributed by atoms with Gasteiger partial charge >= 0.3 is 5.97 Å². The summed E-state index contributed by atoms with van der Waals surface area (Å²) in [6.45, 7) is 2.60. The van der Waals surface area contributed by atoms with E-state index in [0.29, 0.717) is 19.4 Å². The zero-order valence-electron chi connectivity index (χ0n) is 13.8. The van der Waals surface area contributed by atoms with Crippen LogP contribution in [0, 0.1) is 0 Å². The maximum Gasteiger partial charge on any atom is 0.326 e. The summed E-state index contributed by atoms with van der Waals surface area (Å²) in [5, 5.41) is 9.32. The molecule has 2 rings (SSSR count). The number of ether oxygens (including phenoxy) is 1. The van der Waals surface area contributed by atoms with E-state index >= 15 is 0 Å². The molecule has 1 aliphatic rings. The zero-order valence-corrected chi connectivity index (χ0v) is 13.8. The van der Waals surface area contributed by atoms with Gasteiger partial charge in [-0.2, -0.15) is 0 Å². The molecule has 0 saturated carbocycles. The third-order valence-electron chi connectivity index (χ3n) is 4.61. The summed E-state index contributed by atoms with van der Waals surface area (Å²) in [6.07, 6.45) is 3.50. The monoisotopic (exact) mass is 319 g/mol. The summed E-state index contributed by atoms with van der Waals surface area (Å²) in [5.74, 6) is -0.0583. The molecule has 0 radical (unpaired) electrons. The van der Waals surface area contributed by atoms with E-state index in [2.05, 4.69) is 0 Å². The van der Waals surface area contributed by atoms with Crippen molar-refractivity contribution in [2.24, 2.45) is 0 Å². The van der Waals surface area contributed by atoms with E-state index in [9.17, 15) is 14.7 Å². The Morgan fingerprint density at radius 3 is 2.57 bits per heavy atom. The molecule has 0 spiro atoms. The maximum atomic E-state index is 12.6. The van der Waals surface area contributed by atoms with E-state index in [1.54, 1.807) is 12.0 Å². The Kier molecular flexibility index (Phi) is 6.02. The topological polar surface area (TPSA) is 66.8 Å². The van der Waals surface area contributed by atoms with Crippen LogP contribution in [0.15, 0.2) is 24.3 Å². The lowest BCUT2D eigenvalue weighted by Gasteiger charge is -2.34. The molecule has 1 saturated heterocycles. The average molecular weight is 319 g/mol. The highest BCUT2D eigenvalue weighted by atomic mass is 16.5. The van der Waals surface area contributed by atoms with Gasteiger partial charge in [-0.25, -0.2) is 4.79 Å². The van der Waals surface area contributed by atoms with Crippen LogP contribution in [0.25, 0.3) is 0 Å². The summed E-state index contributed by atoms with van der Waals surface area (Å²) in [5.41, 5.74) is 1.09. The number of nitrogens with zero attached hydrogens (tertiary/aromatic N) is 1. The largest absolute Gasteiger partial charge is 0.497 e. The molecular weight excluding hydrogens is 294 g/mol. The van der Waals surface area contributed by atoms with Crippen molar-refractivity contribution in [2.45, 2.75) is 51.0 Å². The fraction of sp³-hybridized carbons (Fsp3) is 0.556. The molecule has 126 valence electrons. The second-order valence-electron chi connectivity index (χ2n) is 6.02. The summed E-state index contributed by atoms with van der Waals surface area (Å²) in [7, 11) is 1.62. The first-order valence-corrected chi connectivity index (χ1v) is 8.23. The number of benzene rings is 1. The SMILES string of the molecule is CCC(CC(=O)N1CCCC[C@@H]1C(=O)O)c1ccc(OC)cc1. The minimum atomic E-state index is -0.893. The molecule has 1 amide bonds. The van der Waals surface area contributed by atoms with Crippen molar-refractivity contribution in [3.05, 3.63) is 29.8 Å². The molecule has 5 nitrogen and oxygen atoms in total. The number of piperidine rings is 1. The molecule has 1 aliphatic heterocycles. The highest BCUT2D eigenvalue weighted by Gasteiger charge is 2.32. The average Bonchev–Trinajstić information content (AvgIpc) is 2.59. The number of aliphatic carboxylic acids is 1. The zero-order chi connectivity index (χ0) is 16.8. The minimum Gasteiger partial charge on any atom is -0.497 e. The molecule has 0 aliphatic carbocycles. The van der Waals surface area contributed by atoms with Crippen LogP contribution < -0.4 is 4.74 Å². The summed E-state index contributed by atoms with van der Waals surface area (Å²) < 4.78 is 5.16. The lowest BCUT2D eigenvalue weighted by molar-refractivity contribution is -0.152. The minimum absolute atomic E-state index is 0.0558. The number of amides is 1. The van der Waals surface area contributed by atoms with Crippen molar-refractivity contribution in [2.75, 3.05) is 13.7 Å². The van der Waals surface area contributed by atoms with Gasteiger partial charge in [0.15, 0.2) is 0 Å². The van der Waals surface area contributed by atoms with E-state index in [1.165, 1.54) is 0 Å². The molecular formula is C18H25NO4. The fourth-order valence-electron chi connectivity index (χ4n) is 3.19. The number of carboxylic acid groups (broad SMARTS) is 1. The van der Waals surface area contributed by atoms with Crippen LogP contribution in [0.5, 0.6) is 5.75 Å². The van der Waals surface area contributed by atoms with Crippen molar-refractivity contribution >= 4 is 11.9 Å². The number of carbonyl (C=O) groups excluding carboxylic acids is 1. The number of methoxy groups -OCH3 is 1. The lowest BCUT2D eigenvalue weighted by atomic mass is 9.91. The molecule has 1 aromatic carbocycles. The molecule has 1 aromatic rings. The molecule has 0 bridgehead atoms. The van der Waals surface area contributed by atoms with Crippen molar-refractivity contribution < 1.29 is 19.4 Å². The Balaban J connectivity index is 2.07. The summed E-state index contributed by atoms with van der Waals surface area (Å²) in [6, 6.07) is 7.08. The smallest absolute Gasteiger partial charge is 0.326 e. The van der Waals surface area contributed by atoms with E-state index < -0.39 is 12.0 Å². The number of hydrogen-bond acceptors (Lipinski definition) is 3. The Morgan fingerprint density at radius 1 is 1.30 bits per heavy atom. The molecule has 5 heteroatoms. The summed E-state index contributed by atoms with van der Waals surface area (Å²) in [4.78, 5) is 25.5. The van der Waals surface area contributed by atoms with Crippen LogP contribution in [-0.4, -0.2) is 41.6 Å². The second kappa shape index (κ2) is 7.99. The van der Waals surface area contributed by atoms with Crippen LogP contribution in [-0.2, 0) is 9.59 Å². The number of carbonyl (C=O) groups is 2. The van der Waals surface area contributed by atoms with Crippen LogP contribution in [0.3, 0.4) is 0 Å². The number of likely N-dealkylation sites (tertiary alicyclic amines) is 1. The van der Waals surface area contributed by atoms with E-state index in [-0.39, 0.29) is 11.8 Å². The van der Waals surface area contributed by atoms with Gasteiger partial charge in [-0.15, -0.1) is 0 Å². The van der Waals surface area contributed by atoms with Gasteiger partial charge in [0, 0.05) is 13.0 Å². The van der Waals surface area contributed by atoms with Crippen molar-refractivity contribution in [1.29, 1.82) is 0 Å². The Morgan fingerprint density at radius 2 is 2.00 bits per heavy atom. The predicted molar refractivity (Wildman–Crippen MR) is 87.6 cm³/mol. The number of rotatable bonds is 6. The first-order valence-electron chi connectivity index (χ1n) is 8.23. The second-order valence-corrected chi connectivity index (χ2v) is 6.02. The van der Waals surface area contributed by atoms with Gasteiger partial charge in [0.05, 0.1) is 7.11 Å². The first-order chi connectivity index (χ1) is 11.1.